The van der Waals surface area contributed by atoms with Crippen molar-refractivity contribution in [2.75, 3.05) is 25.1 Å². The van der Waals surface area contributed by atoms with Gasteiger partial charge in [0.25, 0.3) is 15.9 Å². The molecule has 3 rings (SSSR count). The molecule has 172 valence electrons. The third-order valence-corrected chi connectivity index (χ3v) is 6.61. The molecule has 8 nitrogen and oxygen atoms in total. The molecule has 0 radical (unpaired) electrons. The van der Waals surface area contributed by atoms with Crippen LogP contribution < -0.4 is 19.2 Å². The summed E-state index contributed by atoms with van der Waals surface area (Å²) in [6.07, 6.45) is 1.40. The van der Waals surface area contributed by atoms with Crippen LogP contribution in [0.15, 0.2) is 82.8 Å². The first kappa shape index (κ1) is 24.1. The number of hydrogen-bond acceptors (Lipinski definition) is 6. The summed E-state index contributed by atoms with van der Waals surface area (Å²) < 4.78 is 37.9. The Morgan fingerprint density at radius 3 is 2.36 bits per heavy atom. The second-order valence-electron chi connectivity index (χ2n) is 6.70. The van der Waals surface area contributed by atoms with Gasteiger partial charge in [0.1, 0.15) is 18.0 Å². The number of amides is 1. The van der Waals surface area contributed by atoms with Crippen LogP contribution in [-0.2, 0) is 14.8 Å². The van der Waals surface area contributed by atoms with E-state index in [1.807, 2.05) is 0 Å². The Bertz CT molecular complexity index is 1230. The molecule has 0 bridgehead atoms. The maximum Gasteiger partial charge on any atom is 0.264 e. The van der Waals surface area contributed by atoms with Gasteiger partial charge in [-0.25, -0.2) is 13.8 Å². The molecule has 10 heteroatoms. The number of rotatable bonds is 9. The highest BCUT2D eigenvalue weighted by molar-refractivity contribution is 7.92. The van der Waals surface area contributed by atoms with Gasteiger partial charge in [-0.1, -0.05) is 29.8 Å². The molecule has 0 atom stereocenters. The molecular weight excluding hydrogens is 466 g/mol. The molecule has 0 saturated carbocycles. The molecule has 1 amide bonds. The first-order valence-electron chi connectivity index (χ1n) is 9.72. The van der Waals surface area contributed by atoms with Crippen LogP contribution in [-0.4, -0.2) is 41.3 Å². The van der Waals surface area contributed by atoms with Crippen LogP contribution in [0.4, 0.5) is 5.69 Å². The van der Waals surface area contributed by atoms with E-state index in [4.69, 9.17) is 21.1 Å². The highest BCUT2D eigenvalue weighted by Gasteiger charge is 2.27. The zero-order chi connectivity index (χ0) is 23.8. The lowest BCUT2D eigenvalue weighted by molar-refractivity contribution is -0.119. The van der Waals surface area contributed by atoms with Crippen LogP contribution in [0.3, 0.4) is 0 Å². The fourth-order valence-electron chi connectivity index (χ4n) is 2.91. The number of anilines is 1. The summed E-state index contributed by atoms with van der Waals surface area (Å²) in [5.41, 5.74) is 3.25. The number of halogens is 1. The van der Waals surface area contributed by atoms with Crippen molar-refractivity contribution < 1.29 is 22.7 Å². The van der Waals surface area contributed by atoms with E-state index in [1.165, 1.54) is 37.6 Å². The van der Waals surface area contributed by atoms with Gasteiger partial charge in [-0.15, -0.1) is 0 Å². The monoisotopic (exact) mass is 487 g/mol. The van der Waals surface area contributed by atoms with E-state index < -0.39 is 22.5 Å². The summed E-state index contributed by atoms with van der Waals surface area (Å²) in [6, 6.07) is 19.1. The van der Waals surface area contributed by atoms with Gasteiger partial charge >= 0.3 is 0 Å². The van der Waals surface area contributed by atoms with Crippen molar-refractivity contribution in [1.29, 1.82) is 0 Å². The number of sulfonamides is 1. The zero-order valence-corrected chi connectivity index (χ0v) is 19.5. The average Bonchev–Trinajstić information content (AvgIpc) is 2.83. The Labute approximate surface area is 197 Å². The van der Waals surface area contributed by atoms with Gasteiger partial charge in [-0.3, -0.25) is 9.10 Å². The van der Waals surface area contributed by atoms with E-state index in [2.05, 4.69) is 10.5 Å². The van der Waals surface area contributed by atoms with Gasteiger partial charge in [0.05, 0.1) is 31.0 Å². The van der Waals surface area contributed by atoms with Crippen LogP contribution in [0.25, 0.3) is 0 Å². The van der Waals surface area contributed by atoms with Crippen LogP contribution in [0.1, 0.15) is 5.56 Å². The smallest absolute Gasteiger partial charge is 0.264 e. The van der Waals surface area contributed by atoms with Gasteiger partial charge in [-0.05, 0) is 48.5 Å². The molecule has 0 spiro atoms. The van der Waals surface area contributed by atoms with Gasteiger partial charge in [0.15, 0.2) is 0 Å². The molecule has 0 aliphatic rings. The Morgan fingerprint density at radius 2 is 1.73 bits per heavy atom. The molecule has 3 aromatic rings. The topological polar surface area (TPSA) is 97.3 Å². The summed E-state index contributed by atoms with van der Waals surface area (Å²) in [6.45, 7) is -0.490. The molecule has 3 aromatic carbocycles. The lowest BCUT2D eigenvalue weighted by Crippen LogP contribution is -2.39. The first-order valence-corrected chi connectivity index (χ1v) is 11.5. The van der Waals surface area contributed by atoms with Crippen molar-refractivity contribution >= 4 is 39.4 Å². The van der Waals surface area contributed by atoms with E-state index in [-0.39, 0.29) is 4.90 Å². The standard InChI is InChI=1S/C23H22ClN3O5S/c1-31-20-13-8-17(22(14-20)32-2)15-25-26-23(28)16-27(19-11-9-18(24)10-12-19)33(29,30)21-6-4-3-5-7-21/h3-15H,16H2,1-2H3,(H,26,28)/b25-15-. The molecule has 33 heavy (non-hydrogen) atoms. The minimum atomic E-state index is -4.01. The molecule has 0 aliphatic carbocycles. The summed E-state index contributed by atoms with van der Waals surface area (Å²) in [5.74, 6) is 0.479. The molecule has 0 heterocycles. The van der Waals surface area contributed by atoms with Gasteiger partial charge in [-0.2, -0.15) is 5.10 Å². The van der Waals surface area contributed by atoms with Crippen LogP contribution in [0.5, 0.6) is 11.5 Å². The maximum absolute atomic E-state index is 13.2. The number of ether oxygens (including phenoxy) is 2. The van der Waals surface area contributed by atoms with Crippen molar-refractivity contribution in [3.63, 3.8) is 0 Å². The fourth-order valence-corrected chi connectivity index (χ4v) is 4.47. The molecule has 0 aromatic heterocycles. The molecule has 1 N–H and O–H groups in total. The Balaban J connectivity index is 1.81. The third-order valence-electron chi connectivity index (χ3n) is 4.57. The number of nitrogens with one attached hydrogen (secondary N) is 1. The van der Waals surface area contributed by atoms with Gasteiger partial charge < -0.3 is 9.47 Å². The van der Waals surface area contributed by atoms with Crippen molar-refractivity contribution in [3.05, 3.63) is 83.4 Å². The van der Waals surface area contributed by atoms with Crippen LogP contribution in [0, 0.1) is 0 Å². The van der Waals surface area contributed by atoms with E-state index in [0.717, 1.165) is 4.31 Å². The molecular formula is C23H22ClN3O5S. The second-order valence-corrected chi connectivity index (χ2v) is 9.00. The quantitative estimate of drug-likeness (QED) is 0.366. The number of carbonyl (C=O) groups is 1. The lowest BCUT2D eigenvalue weighted by Gasteiger charge is -2.23. The third kappa shape index (κ3) is 6.03. The number of hydrazone groups is 1. The van der Waals surface area contributed by atoms with E-state index in [0.29, 0.717) is 27.8 Å². The van der Waals surface area contributed by atoms with E-state index >= 15 is 0 Å². The van der Waals surface area contributed by atoms with E-state index in [1.54, 1.807) is 55.6 Å². The molecule has 0 fully saturated rings. The predicted octanol–water partition coefficient (Wildman–Crippen LogP) is 3.70. The minimum absolute atomic E-state index is 0.0548. The van der Waals surface area contributed by atoms with Crippen molar-refractivity contribution in [3.8, 4) is 11.5 Å². The summed E-state index contributed by atoms with van der Waals surface area (Å²) >= 11 is 5.94. The minimum Gasteiger partial charge on any atom is -0.497 e. The van der Waals surface area contributed by atoms with Gasteiger partial charge in [0.2, 0.25) is 0 Å². The lowest BCUT2D eigenvalue weighted by atomic mass is 10.2. The highest BCUT2D eigenvalue weighted by Crippen LogP contribution is 2.25. The highest BCUT2D eigenvalue weighted by atomic mass is 35.5. The normalized spacial score (nSPS) is 11.2. The van der Waals surface area contributed by atoms with Gasteiger partial charge in [0, 0.05) is 16.7 Å². The fraction of sp³-hybridized carbons (Fsp3) is 0.130. The van der Waals surface area contributed by atoms with Crippen molar-refractivity contribution in [2.45, 2.75) is 4.90 Å². The Kier molecular flexibility index (Phi) is 7.92. The predicted molar refractivity (Wildman–Crippen MR) is 128 cm³/mol. The Morgan fingerprint density at radius 1 is 1.03 bits per heavy atom. The number of carbonyl (C=O) groups excluding carboxylic acids is 1. The van der Waals surface area contributed by atoms with Crippen molar-refractivity contribution in [2.24, 2.45) is 5.10 Å². The summed E-state index contributed by atoms with van der Waals surface area (Å²) in [5, 5.41) is 4.38. The number of hydrogen-bond donors (Lipinski definition) is 1. The number of nitrogens with zero attached hydrogens (tertiary/aromatic N) is 2. The summed E-state index contributed by atoms with van der Waals surface area (Å²) in [7, 11) is -0.970. The number of methoxy groups -OCH3 is 2. The maximum atomic E-state index is 13.2. The SMILES string of the molecule is COc1ccc(/C=N\NC(=O)CN(c2ccc(Cl)cc2)S(=O)(=O)c2ccccc2)c(OC)c1. The largest absolute Gasteiger partial charge is 0.497 e. The van der Waals surface area contributed by atoms with E-state index in [9.17, 15) is 13.2 Å². The second kappa shape index (κ2) is 10.8. The Hall–Kier alpha value is -3.56. The van der Waals surface area contributed by atoms with Crippen LogP contribution >= 0.6 is 11.6 Å². The average molecular weight is 488 g/mol. The molecule has 0 unspecified atom stereocenters. The zero-order valence-electron chi connectivity index (χ0n) is 17.9. The first-order chi connectivity index (χ1) is 15.8. The number of benzene rings is 3. The molecule has 0 aliphatic heterocycles. The molecule has 0 saturated heterocycles. The van der Waals surface area contributed by atoms with Crippen molar-refractivity contribution in [1.82, 2.24) is 5.43 Å². The summed E-state index contributed by atoms with van der Waals surface area (Å²) in [4.78, 5) is 12.7. The van der Waals surface area contributed by atoms with Crippen LogP contribution in [0.2, 0.25) is 5.02 Å².